The first-order chi connectivity index (χ1) is 7.48. The summed E-state index contributed by atoms with van der Waals surface area (Å²) in [5.74, 6) is -2.49. The van der Waals surface area contributed by atoms with Gasteiger partial charge in [0.15, 0.2) is 0 Å². The van der Waals surface area contributed by atoms with Crippen molar-refractivity contribution in [2.75, 3.05) is 13.1 Å². The maximum absolute atomic E-state index is 13.0. The van der Waals surface area contributed by atoms with Crippen molar-refractivity contribution in [1.29, 1.82) is 0 Å². The molecule has 1 aliphatic rings. The third kappa shape index (κ3) is 2.63. The third-order valence-corrected chi connectivity index (χ3v) is 4.41. The third-order valence-electron chi connectivity index (χ3n) is 2.73. The molecule has 1 nitrogen and oxygen atoms in total. The highest BCUT2D eigenvalue weighted by Gasteiger charge is 2.34. The Labute approximate surface area is 106 Å². The molecule has 1 aromatic heterocycles. The van der Waals surface area contributed by atoms with Crippen molar-refractivity contribution in [2.24, 2.45) is 0 Å². The largest absolute Gasteiger partial charge is 0.370 e. The molecule has 0 N–H and O–H groups in total. The van der Waals surface area contributed by atoms with Gasteiger partial charge < -0.3 is 4.90 Å². The molecule has 5 heteroatoms. The number of likely N-dealkylation sites (tertiary alicyclic amines) is 1. The van der Waals surface area contributed by atoms with E-state index in [1.165, 1.54) is 0 Å². The van der Waals surface area contributed by atoms with E-state index in [0.717, 1.165) is 14.4 Å². The van der Waals surface area contributed by atoms with Crippen LogP contribution in [0.4, 0.5) is 8.78 Å². The molecule has 1 saturated heterocycles. The number of thiophene rings is 1. The SMILES string of the molecule is C=C(c1ccc(Br)s1)N1CCC(F)(F)CC1. The van der Waals surface area contributed by atoms with Crippen LogP contribution in [0.1, 0.15) is 17.7 Å². The fourth-order valence-corrected chi connectivity index (χ4v) is 3.11. The fraction of sp³-hybridized carbons (Fsp3) is 0.455. The van der Waals surface area contributed by atoms with E-state index in [-0.39, 0.29) is 12.8 Å². The highest BCUT2D eigenvalue weighted by molar-refractivity contribution is 9.11. The number of nitrogens with zero attached hydrogens (tertiary/aromatic N) is 1. The van der Waals surface area contributed by atoms with E-state index in [0.29, 0.717) is 13.1 Å². The lowest BCUT2D eigenvalue weighted by atomic mass is 10.1. The van der Waals surface area contributed by atoms with Gasteiger partial charge in [-0.3, -0.25) is 0 Å². The molecule has 1 aliphatic heterocycles. The van der Waals surface area contributed by atoms with Gasteiger partial charge in [-0.2, -0.15) is 0 Å². The Morgan fingerprint density at radius 1 is 1.38 bits per heavy atom. The van der Waals surface area contributed by atoms with Gasteiger partial charge in [0.2, 0.25) is 0 Å². The molecule has 0 aromatic carbocycles. The first-order valence-electron chi connectivity index (χ1n) is 5.05. The predicted octanol–water partition coefficient (Wildman–Crippen LogP) is 4.21. The minimum absolute atomic E-state index is 0.0709. The molecule has 2 rings (SSSR count). The minimum Gasteiger partial charge on any atom is -0.370 e. The van der Waals surface area contributed by atoms with Crippen molar-refractivity contribution >= 4 is 33.0 Å². The van der Waals surface area contributed by atoms with E-state index in [1.807, 2.05) is 17.0 Å². The van der Waals surface area contributed by atoms with E-state index in [1.54, 1.807) is 11.3 Å². The highest BCUT2D eigenvalue weighted by atomic mass is 79.9. The Kier molecular flexibility index (Phi) is 3.35. The lowest BCUT2D eigenvalue weighted by Gasteiger charge is -2.34. The van der Waals surface area contributed by atoms with Gasteiger partial charge in [0.1, 0.15) is 0 Å². The van der Waals surface area contributed by atoms with E-state index < -0.39 is 5.92 Å². The molecule has 0 unspecified atom stereocenters. The van der Waals surface area contributed by atoms with Crippen molar-refractivity contribution < 1.29 is 8.78 Å². The first kappa shape index (κ1) is 12.0. The summed E-state index contributed by atoms with van der Waals surface area (Å²) in [6.45, 7) is 4.76. The zero-order valence-corrected chi connectivity index (χ0v) is 11.1. The fourth-order valence-electron chi connectivity index (χ4n) is 1.73. The number of halogens is 3. The van der Waals surface area contributed by atoms with Crippen LogP contribution in [0, 0.1) is 0 Å². The van der Waals surface area contributed by atoms with Gasteiger partial charge in [-0.25, -0.2) is 8.78 Å². The minimum atomic E-state index is -2.49. The van der Waals surface area contributed by atoms with Crippen LogP contribution in [0.3, 0.4) is 0 Å². The van der Waals surface area contributed by atoms with E-state index in [4.69, 9.17) is 0 Å². The normalized spacial score (nSPS) is 19.8. The maximum atomic E-state index is 13.0. The van der Waals surface area contributed by atoms with Crippen LogP contribution in [0.5, 0.6) is 0 Å². The van der Waals surface area contributed by atoms with Gasteiger partial charge in [-0.05, 0) is 28.1 Å². The standard InChI is InChI=1S/C11H12BrF2NS/c1-8(9-2-3-10(12)16-9)15-6-4-11(13,14)5-7-15/h2-3H,1,4-7H2. The van der Waals surface area contributed by atoms with Crippen LogP contribution < -0.4 is 0 Å². The van der Waals surface area contributed by atoms with Crippen molar-refractivity contribution in [3.8, 4) is 0 Å². The van der Waals surface area contributed by atoms with Crippen LogP contribution in [-0.2, 0) is 0 Å². The second-order valence-electron chi connectivity index (χ2n) is 3.89. The topological polar surface area (TPSA) is 3.24 Å². The van der Waals surface area contributed by atoms with Crippen molar-refractivity contribution in [3.05, 3.63) is 27.4 Å². The van der Waals surface area contributed by atoms with Gasteiger partial charge in [0.05, 0.1) is 8.66 Å². The van der Waals surface area contributed by atoms with Gasteiger partial charge in [-0.1, -0.05) is 6.58 Å². The second-order valence-corrected chi connectivity index (χ2v) is 6.36. The van der Waals surface area contributed by atoms with E-state index in [2.05, 4.69) is 22.5 Å². The molecule has 0 aliphatic carbocycles. The number of hydrogen-bond donors (Lipinski definition) is 0. The van der Waals surface area contributed by atoms with Gasteiger partial charge in [0.25, 0.3) is 5.92 Å². The van der Waals surface area contributed by atoms with Crippen LogP contribution >= 0.6 is 27.3 Å². The zero-order chi connectivity index (χ0) is 11.8. The van der Waals surface area contributed by atoms with Crippen molar-refractivity contribution in [1.82, 2.24) is 4.90 Å². The summed E-state index contributed by atoms with van der Waals surface area (Å²) < 4.78 is 27.0. The van der Waals surface area contributed by atoms with Crippen molar-refractivity contribution in [2.45, 2.75) is 18.8 Å². The van der Waals surface area contributed by atoms with Crippen LogP contribution in [0.15, 0.2) is 22.5 Å². The van der Waals surface area contributed by atoms with Gasteiger partial charge in [0, 0.05) is 31.6 Å². The van der Waals surface area contributed by atoms with Crippen LogP contribution in [0.2, 0.25) is 0 Å². The van der Waals surface area contributed by atoms with Gasteiger partial charge in [-0.15, -0.1) is 11.3 Å². The molecule has 0 bridgehead atoms. The molecule has 88 valence electrons. The summed E-state index contributed by atoms with van der Waals surface area (Å²) in [5, 5.41) is 0. The number of alkyl halides is 2. The van der Waals surface area contributed by atoms with Crippen LogP contribution in [0.25, 0.3) is 5.70 Å². The molecular formula is C11H12BrF2NS. The Balaban J connectivity index is 2.02. The van der Waals surface area contributed by atoms with E-state index in [9.17, 15) is 8.78 Å². The molecule has 0 amide bonds. The zero-order valence-electron chi connectivity index (χ0n) is 8.68. The molecule has 0 spiro atoms. The van der Waals surface area contributed by atoms with Crippen LogP contribution in [-0.4, -0.2) is 23.9 Å². The summed E-state index contributed by atoms with van der Waals surface area (Å²) in [6, 6.07) is 3.91. The summed E-state index contributed by atoms with van der Waals surface area (Å²) in [6.07, 6.45) is -0.142. The summed E-state index contributed by atoms with van der Waals surface area (Å²) in [5.41, 5.74) is 0.853. The maximum Gasteiger partial charge on any atom is 0.251 e. The average Bonchev–Trinajstić information content (AvgIpc) is 2.64. The number of piperidine rings is 1. The summed E-state index contributed by atoms with van der Waals surface area (Å²) in [7, 11) is 0. The smallest absolute Gasteiger partial charge is 0.251 e. The first-order valence-corrected chi connectivity index (χ1v) is 6.66. The van der Waals surface area contributed by atoms with E-state index >= 15 is 0 Å². The number of rotatable bonds is 2. The molecule has 0 radical (unpaired) electrons. The average molecular weight is 308 g/mol. The lowest BCUT2D eigenvalue weighted by Crippen LogP contribution is -2.37. The summed E-state index contributed by atoms with van der Waals surface area (Å²) in [4.78, 5) is 2.98. The molecule has 2 heterocycles. The quantitative estimate of drug-likeness (QED) is 0.791. The Hall–Kier alpha value is -0.420. The Morgan fingerprint density at radius 2 is 2.00 bits per heavy atom. The monoisotopic (exact) mass is 307 g/mol. The number of hydrogen-bond acceptors (Lipinski definition) is 2. The van der Waals surface area contributed by atoms with Gasteiger partial charge >= 0.3 is 0 Å². The molecule has 0 saturated carbocycles. The lowest BCUT2D eigenvalue weighted by molar-refractivity contribution is -0.0449. The summed E-state index contributed by atoms with van der Waals surface area (Å²) >= 11 is 4.96. The molecular weight excluding hydrogens is 296 g/mol. The second kappa shape index (κ2) is 4.45. The molecule has 16 heavy (non-hydrogen) atoms. The molecule has 0 atom stereocenters. The molecule has 1 fully saturated rings. The van der Waals surface area contributed by atoms with Crippen molar-refractivity contribution in [3.63, 3.8) is 0 Å². The Morgan fingerprint density at radius 3 is 2.50 bits per heavy atom. The molecule has 1 aromatic rings. The Bertz CT molecular complexity index is 392. The highest BCUT2D eigenvalue weighted by Crippen LogP contribution is 2.34. The predicted molar refractivity (Wildman–Crippen MR) is 66.8 cm³/mol.